The van der Waals surface area contributed by atoms with Crippen LogP contribution in [0.2, 0.25) is 10.0 Å². The molecule has 0 atom stereocenters. The second-order valence-electron chi connectivity index (χ2n) is 7.10. The number of halogens is 2. The highest BCUT2D eigenvalue weighted by molar-refractivity contribution is 6.40. The van der Waals surface area contributed by atoms with Crippen molar-refractivity contribution in [3.05, 3.63) is 87.4 Å². The molecule has 0 unspecified atom stereocenters. The molecule has 0 bridgehead atoms. The predicted octanol–water partition coefficient (Wildman–Crippen LogP) is 5.01. The fourth-order valence-electron chi connectivity index (χ4n) is 2.84. The SMILES string of the molecule is CCOc1cc(C=NNC(=O)C(=O)Nc2cccc(Cl)c2C)ccc1OC(=O)c1ccc(Cl)cc1. The number of amides is 2. The highest BCUT2D eigenvalue weighted by atomic mass is 35.5. The van der Waals surface area contributed by atoms with Crippen LogP contribution in [-0.4, -0.2) is 30.6 Å². The summed E-state index contributed by atoms with van der Waals surface area (Å²) in [5.74, 6) is -1.91. The third kappa shape index (κ3) is 7.05. The Bertz CT molecular complexity index is 1280. The van der Waals surface area contributed by atoms with Crippen LogP contribution >= 0.6 is 23.2 Å². The van der Waals surface area contributed by atoms with E-state index in [1.807, 2.05) is 0 Å². The van der Waals surface area contributed by atoms with E-state index < -0.39 is 17.8 Å². The number of hydrazone groups is 1. The molecule has 3 rings (SSSR count). The van der Waals surface area contributed by atoms with Gasteiger partial charge in [0.15, 0.2) is 11.5 Å². The van der Waals surface area contributed by atoms with Crippen LogP contribution in [0.3, 0.4) is 0 Å². The first kappa shape index (κ1) is 25.7. The minimum atomic E-state index is -0.959. The van der Waals surface area contributed by atoms with Crippen LogP contribution in [0.15, 0.2) is 65.8 Å². The maximum absolute atomic E-state index is 12.4. The number of esters is 1. The molecule has 0 aliphatic carbocycles. The summed E-state index contributed by atoms with van der Waals surface area (Å²) in [4.78, 5) is 36.6. The Balaban J connectivity index is 1.64. The lowest BCUT2D eigenvalue weighted by molar-refractivity contribution is -0.136. The van der Waals surface area contributed by atoms with E-state index in [4.69, 9.17) is 32.7 Å². The third-order valence-electron chi connectivity index (χ3n) is 4.65. The first-order chi connectivity index (χ1) is 16.8. The lowest BCUT2D eigenvalue weighted by atomic mass is 10.2. The average molecular weight is 514 g/mol. The summed E-state index contributed by atoms with van der Waals surface area (Å²) in [5, 5.41) is 7.26. The Hall–Kier alpha value is -3.88. The van der Waals surface area contributed by atoms with Gasteiger partial charge in [0.25, 0.3) is 0 Å². The van der Waals surface area contributed by atoms with Gasteiger partial charge < -0.3 is 14.8 Å². The lowest BCUT2D eigenvalue weighted by Crippen LogP contribution is -2.32. The first-order valence-electron chi connectivity index (χ1n) is 10.4. The molecule has 3 aromatic rings. The second kappa shape index (κ2) is 12.0. The molecule has 10 heteroatoms. The van der Waals surface area contributed by atoms with Crippen molar-refractivity contribution in [2.45, 2.75) is 13.8 Å². The van der Waals surface area contributed by atoms with Gasteiger partial charge in [-0.3, -0.25) is 9.59 Å². The Morgan fingerprint density at radius 2 is 1.71 bits per heavy atom. The van der Waals surface area contributed by atoms with Gasteiger partial charge in [0, 0.05) is 15.7 Å². The van der Waals surface area contributed by atoms with Gasteiger partial charge in [-0.2, -0.15) is 5.10 Å². The lowest BCUT2D eigenvalue weighted by Gasteiger charge is -2.11. The van der Waals surface area contributed by atoms with Crippen molar-refractivity contribution in [1.29, 1.82) is 0 Å². The first-order valence-corrected chi connectivity index (χ1v) is 11.2. The molecule has 35 heavy (non-hydrogen) atoms. The van der Waals surface area contributed by atoms with Crippen LogP contribution in [0.4, 0.5) is 5.69 Å². The smallest absolute Gasteiger partial charge is 0.343 e. The van der Waals surface area contributed by atoms with E-state index in [1.165, 1.54) is 12.3 Å². The van der Waals surface area contributed by atoms with Crippen LogP contribution in [0.25, 0.3) is 0 Å². The van der Waals surface area contributed by atoms with Crippen molar-refractivity contribution in [2.75, 3.05) is 11.9 Å². The van der Waals surface area contributed by atoms with Crippen molar-refractivity contribution >= 4 is 52.9 Å². The summed E-state index contributed by atoms with van der Waals surface area (Å²) in [5.41, 5.74) is 4.08. The van der Waals surface area contributed by atoms with Gasteiger partial charge in [-0.15, -0.1) is 0 Å². The molecule has 3 aromatic carbocycles. The summed E-state index contributed by atoms with van der Waals surface area (Å²) in [6, 6.07) is 16.0. The third-order valence-corrected chi connectivity index (χ3v) is 5.31. The molecule has 0 radical (unpaired) electrons. The van der Waals surface area contributed by atoms with Gasteiger partial charge >= 0.3 is 17.8 Å². The topological polar surface area (TPSA) is 106 Å². The number of anilines is 1. The Morgan fingerprint density at radius 1 is 0.971 bits per heavy atom. The van der Waals surface area contributed by atoms with Crippen molar-refractivity contribution in [1.82, 2.24) is 5.43 Å². The van der Waals surface area contributed by atoms with Crippen molar-refractivity contribution in [3.8, 4) is 11.5 Å². The number of benzene rings is 3. The van der Waals surface area contributed by atoms with Gasteiger partial charge in [-0.25, -0.2) is 10.2 Å². The minimum absolute atomic E-state index is 0.212. The number of carbonyl (C=O) groups is 3. The average Bonchev–Trinajstić information content (AvgIpc) is 2.84. The molecular weight excluding hydrogens is 493 g/mol. The Labute approximate surface area is 211 Å². The van der Waals surface area contributed by atoms with E-state index in [0.717, 1.165) is 0 Å². The fourth-order valence-corrected chi connectivity index (χ4v) is 3.14. The van der Waals surface area contributed by atoms with Crippen molar-refractivity contribution in [2.24, 2.45) is 5.10 Å². The summed E-state index contributed by atoms with van der Waals surface area (Å²) < 4.78 is 11.0. The zero-order chi connectivity index (χ0) is 25.4. The Morgan fingerprint density at radius 3 is 2.43 bits per heavy atom. The maximum atomic E-state index is 12.4. The molecule has 0 aliphatic heterocycles. The molecule has 0 saturated carbocycles. The standard InChI is InChI=1S/C25H21Cl2N3O5/c1-3-34-22-13-16(7-12-21(22)35-25(33)17-8-10-18(26)11-9-17)14-28-30-24(32)23(31)29-20-6-4-5-19(27)15(20)2/h4-14H,3H2,1-2H3,(H,29,31)(H,30,32). The molecular formula is C25H21Cl2N3O5. The molecule has 2 N–H and O–H groups in total. The van der Waals surface area contributed by atoms with Crippen molar-refractivity contribution in [3.63, 3.8) is 0 Å². The van der Waals surface area contributed by atoms with Crippen LogP contribution in [0, 0.1) is 6.92 Å². The molecule has 0 fully saturated rings. The molecule has 0 spiro atoms. The number of nitrogens with zero attached hydrogens (tertiary/aromatic N) is 1. The molecule has 2 amide bonds. The Kier molecular flexibility index (Phi) is 8.83. The summed E-state index contributed by atoms with van der Waals surface area (Å²) >= 11 is 11.9. The molecule has 0 heterocycles. The van der Waals surface area contributed by atoms with E-state index >= 15 is 0 Å². The zero-order valence-corrected chi connectivity index (χ0v) is 20.3. The monoisotopic (exact) mass is 513 g/mol. The normalized spacial score (nSPS) is 10.6. The van der Waals surface area contributed by atoms with Gasteiger partial charge in [0.2, 0.25) is 0 Å². The highest BCUT2D eigenvalue weighted by Gasteiger charge is 2.15. The van der Waals surface area contributed by atoms with Gasteiger partial charge in [-0.05, 0) is 79.6 Å². The maximum Gasteiger partial charge on any atom is 0.343 e. The predicted molar refractivity (Wildman–Crippen MR) is 135 cm³/mol. The van der Waals surface area contributed by atoms with Crippen LogP contribution in [0.5, 0.6) is 11.5 Å². The van der Waals surface area contributed by atoms with E-state index in [-0.39, 0.29) is 5.75 Å². The molecule has 0 aliphatic rings. The minimum Gasteiger partial charge on any atom is -0.490 e. The number of rotatable bonds is 7. The van der Waals surface area contributed by atoms with Gasteiger partial charge in [0.05, 0.1) is 18.4 Å². The number of hydrogen-bond acceptors (Lipinski definition) is 6. The fraction of sp³-hybridized carbons (Fsp3) is 0.120. The van der Waals surface area contributed by atoms with Crippen LogP contribution < -0.4 is 20.2 Å². The summed E-state index contributed by atoms with van der Waals surface area (Å²) in [6.45, 7) is 3.83. The molecule has 8 nitrogen and oxygen atoms in total. The summed E-state index contributed by atoms with van der Waals surface area (Å²) in [6.07, 6.45) is 1.32. The number of carbonyl (C=O) groups excluding carboxylic acids is 3. The van der Waals surface area contributed by atoms with Crippen LogP contribution in [0.1, 0.15) is 28.4 Å². The van der Waals surface area contributed by atoms with Crippen molar-refractivity contribution < 1.29 is 23.9 Å². The highest BCUT2D eigenvalue weighted by Crippen LogP contribution is 2.29. The quantitative estimate of drug-likeness (QED) is 0.152. The van der Waals surface area contributed by atoms with Crippen LogP contribution in [-0.2, 0) is 9.59 Å². The van der Waals surface area contributed by atoms with E-state index in [0.29, 0.717) is 44.8 Å². The molecule has 180 valence electrons. The number of nitrogens with one attached hydrogen (secondary N) is 2. The van der Waals surface area contributed by atoms with E-state index in [9.17, 15) is 14.4 Å². The number of ether oxygens (including phenoxy) is 2. The van der Waals surface area contributed by atoms with E-state index in [2.05, 4.69) is 15.8 Å². The number of hydrogen-bond donors (Lipinski definition) is 2. The second-order valence-corrected chi connectivity index (χ2v) is 7.94. The largest absolute Gasteiger partial charge is 0.490 e. The van der Waals surface area contributed by atoms with Gasteiger partial charge in [0.1, 0.15) is 0 Å². The molecule has 0 saturated heterocycles. The summed E-state index contributed by atoms with van der Waals surface area (Å²) in [7, 11) is 0. The molecule has 0 aromatic heterocycles. The van der Waals surface area contributed by atoms with E-state index in [1.54, 1.807) is 68.4 Å². The van der Waals surface area contributed by atoms with Gasteiger partial charge in [-0.1, -0.05) is 29.3 Å². The zero-order valence-electron chi connectivity index (χ0n) is 18.8.